The third-order valence-electron chi connectivity index (χ3n) is 0.606. The monoisotopic (exact) mass is 90.1 g/mol. The van der Waals surface area contributed by atoms with Gasteiger partial charge in [-0.25, -0.2) is 0 Å². The highest BCUT2D eigenvalue weighted by Crippen LogP contribution is 1.73. The Hall–Kier alpha value is -0.120. The van der Waals surface area contributed by atoms with Crippen molar-refractivity contribution in [1.29, 1.82) is 0 Å². The molecule has 0 bridgehead atoms. The van der Waals surface area contributed by atoms with Gasteiger partial charge in [0.25, 0.3) is 0 Å². The molecular weight excluding hydrogens is 80.0 g/mol. The maximum absolute atomic E-state index is 7.96. The SMILES string of the molecule is CCC(N)NO. The number of hydrogen-bond acceptors (Lipinski definition) is 3. The first-order valence-electron chi connectivity index (χ1n) is 1.96. The van der Waals surface area contributed by atoms with Crippen LogP contribution in [0.1, 0.15) is 13.3 Å². The molecule has 1 atom stereocenters. The van der Waals surface area contributed by atoms with E-state index in [0.29, 0.717) is 0 Å². The smallest absolute Gasteiger partial charge is 0.0782 e. The molecule has 0 amide bonds. The van der Waals surface area contributed by atoms with Gasteiger partial charge >= 0.3 is 0 Å². The van der Waals surface area contributed by atoms with E-state index in [1.807, 2.05) is 12.4 Å². The Morgan fingerprint density at radius 3 is 2.50 bits per heavy atom. The quantitative estimate of drug-likeness (QED) is 0.321. The van der Waals surface area contributed by atoms with Crippen molar-refractivity contribution in [2.45, 2.75) is 19.5 Å². The third kappa shape index (κ3) is 2.14. The first kappa shape index (κ1) is 5.88. The molecule has 4 N–H and O–H groups in total. The Morgan fingerprint density at radius 1 is 2.00 bits per heavy atom. The lowest BCUT2D eigenvalue weighted by Gasteiger charge is -2.01. The Bertz CT molecular complexity index is 28.0. The van der Waals surface area contributed by atoms with Gasteiger partial charge in [-0.1, -0.05) is 6.92 Å². The van der Waals surface area contributed by atoms with Crippen molar-refractivity contribution in [2.75, 3.05) is 0 Å². The van der Waals surface area contributed by atoms with Crippen LogP contribution in [0, 0.1) is 0 Å². The van der Waals surface area contributed by atoms with Crippen molar-refractivity contribution >= 4 is 0 Å². The van der Waals surface area contributed by atoms with E-state index in [0.717, 1.165) is 6.42 Å². The fourth-order valence-electron chi connectivity index (χ4n) is 0.0913. The molecule has 3 nitrogen and oxygen atoms in total. The van der Waals surface area contributed by atoms with Crippen molar-refractivity contribution in [1.82, 2.24) is 5.48 Å². The molecular formula is C3H10N2O. The van der Waals surface area contributed by atoms with Gasteiger partial charge in [0.2, 0.25) is 0 Å². The zero-order valence-electron chi connectivity index (χ0n) is 3.81. The van der Waals surface area contributed by atoms with Gasteiger partial charge in [-0.05, 0) is 6.42 Å². The van der Waals surface area contributed by atoms with Crippen molar-refractivity contribution in [3.8, 4) is 0 Å². The van der Waals surface area contributed by atoms with Crippen molar-refractivity contribution in [2.24, 2.45) is 5.73 Å². The fraction of sp³-hybridized carbons (Fsp3) is 1.00. The van der Waals surface area contributed by atoms with E-state index in [1.54, 1.807) is 0 Å². The summed E-state index contributed by atoms with van der Waals surface area (Å²) in [6.45, 7) is 1.88. The van der Waals surface area contributed by atoms with Crippen LogP contribution in [0.4, 0.5) is 0 Å². The summed E-state index contributed by atoms with van der Waals surface area (Å²) in [5.74, 6) is 0. The molecule has 38 valence electrons. The molecule has 6 heavy (non-hydrogen) atoms. The summed E-state index contributed by atoms with van der Waals surface area (Å²) < 4.78 is 0. The summed E-state index contributed by atoms with van der Waals surface area (Å²) in [5.41, 5.74) is 7.00. The minimum absolute atomic E-state index is 0.259. The third-order valence-corrected chi connectivity index (χ3v) is 0.606. The highest BCUT2D eigenvalue weighted by molar-refractivity contribution is 4.42. The predicted octanol–water partition coefficient (Wildman–Crippen LogP) is -0.340. The van der Waals surface area contributed by atoms with Gasteiger partial charge < -0.3 is 10.9 Å². The van der Waals surface area contributed by atoms with Crippen LogP contribution >= 0.6 is 0 Å². The van der Waals surface area contributed by atoms with Crippen molar-refractivity contribution < 1.29 is 5.21 Å². The molecule has 0 fully saturated rings. The number of hydrogen-bond donors (Lipinski definition) is 3. The molecule has 0 saturated heterocycles. The maximum atomic E-state index is 7.96. The second-order valence-corrected chi connectivity index (χ2v) is 1.14. The normalized spacial score (nSPS) is 14.5. The minimum Gasteiger partial charge on any atom is -0.315 e. The van der Waals surface area contributed by atoms with Crippen LogP contribution in [-0.4, -0.2) is 11.4 Å². The number of rotatable bonds is 2. The Balaban J connectivity index is 2.75. The number of nitrogens with two attached hydrogens (primary N) is 1. The zero-order valence-corrected chi connectivity index (χ0v) is 3.81. The maximum Gasteiger partial charge on any atom is 0.0782 e. The van der Waals surface area contributed by atoms with Gasteiger partial charge in [0.15, 0.2) is 0 Å². The summed E-state index contributed by atoms with van der Waals surface area (Å²) in [6, 6.07) is 0. The summed E-state index contributed by atoms with van der Waals surface area (Å²) >= 11 is 0. The highest BCUT2D eigenvalue weighted by Gasteiger charge is 1.88. The molecule has 0 aromatic heterocycles. The van der Waals surface area contributed by atoms with Gasteiger partial charge in [0, 0.05) is 0 Å². The average Bonchev–Trinajstić information content (AvgIpc) is 1.65. The van der Waals surface area contributed by atoms with Crippen LogP contribution in [0.25, 0.3) is 0 Å². The van der Waals surface area contributed by atoms with Gasteiger partial charge in [-0.2, -0.15) is 5.48 Å². The molecule has 0 aromatic carbocycles. The van der Waals surface area contributed by atoms with Gasteiger partial charge in [-0.3, -0.25) is 0 Å². The van der Waals surface area contributed by atoms with Gasteiger partial charge in [-0.15, -0.1) is 0 Å². The molecule has 0 spiro atoms. The van der Waals surface area contributed by atoms with Crippen molar-refractivity contribution in [3.05, 3.63) is 0 Å². The van der Waals surface area contributed by atoms with Crippen LogP contribution in [0.2, 0.25) is 0 Å². The molecule has 0 aliphatic rings. The molecule has 0 aliphatic heterocycles. The average molecular weight is 90.1 g/mol. The summed E-state index contributed by atoms with van der Waals surface area (Å²) in [6.07, 6.45) is 0.487. The van der Waals surface area contributed by atoms with E-state index in [9.17, 15) is 0 Å². The van der Waals surface area contributed by atoms with E-state index in [1.165, 1.54) is 0 Å². The lowest BCUT2D eigenvalue weighted by Crippen LogP contribution is -2.33. The standard InChI is InChI=1S/C3H10N2O/c1-2-3(4)5-6/h3,5-6H,2,4H2,1H3. The molecule has 0 saturated carbocycles. The lowest BCUT2D eigenvalue weighted by atomic mass is 10.4. The Kier molecular flexibility index (Phi) is 3.02. The first-order valence-corrected chi connectivity index (χ1v) is 1.96. The Morgan fingerprint density at radius 2 is 2.50 bits per heavy atom. The van der Waals surface area contributed by atoms with Crippen LogP contribution in [0.15, 0.2) is 0 Å². The molecule has 0 aliphatic carbocycles. The van der Waals surface area contributed by atoms with Gasteiger partial charge in [0.05, 0.1) is 6.17 Å². The second kappa shape index (κ2) is 3.08. The van der Waals surface area contributed by atoms with E-state index in [-0.39, 0.29) is 6.17 Å². The summed E-state index contributed by atoms with van der Waals surface area (Å²) in [5, 5.41) is 7.96. The van der Waals surface area contributed by atoms with Crippen LogP contribution < -0.4 is 11.2 Å². The van der Waals surface area contributed by atoms with E-state index >= 15 is 0 Å². The molecule has 3 heteroatoms. The summed E-state index contributed by atoms with van der Waals surface area (Å²) in [4.78, 5) is 0. The van der Waals surface area contributed by atoms with Gasteiger partial charge in [0.1, 0.15) is 0 Å². The highest BCUT2D eigenvalue weighted by atomic mass is 16.5. The van der Waals surface area contributed by atoms with E-state index in [2.05, 4.69) is 0 Å². The number of nitrogens with one attached hydrogen (secondary N) is 1. The lowest BCUT2D eigenvalue weighted by molar-refractivity contribution is 0.126. The molecule has 0 heterocycles. The minimum atomic E-state index is -0.259. The molecule has 0 radical (unpaired) electrons. The van der Waals surface area contributed by atoms with E-state index in [4.69, 9.17) is 10.9 Å². The largest absolute Gasteiger partial charge is 0.315 e. The second-order valence-electron chi connectivity index (χ2n) is 1.14. The van der Waals surface area contributed by atoms with Crippen molar-refractivity contribution in [3.63, 3.8) is 0 Å². The number of hydroxylamine groups is 1. The molecule has 0 rings (SSSR count). The predicted molar refractivity (Wildman–Crippen MR) is 23.2 cm³/mol. The molecule has 1 unspecified atom stereocenters. The Labute approximate surface area is 37.1 Å². The first-order chi connectivity index (χ1) is 2.81. The summed E-state index contributed by atoms with van der Waals surface area (Å²) in [7, 11) is 0. The molecule has 0 aromatic rings. The van der Waals surface area contributed by atoms with E-state index < -0.39 is 0 Å². The fourth-order valence-corrected chi connectivity index (χ4v) is 0.0913. The zero-order chi connectivity index (χ0) is 4.99. The topological polar surface area (TPSA) is 58.3 Å². The van der Waals surface area contributed by atoms with Crippen LogP contribution in [0.3, 0.4) is 0 Å². The van der Waals surface area contributed by atoms with Crippen LogP contribution in [-0.2, 0) is 0 Å². The van der Waals surface area contributed by atoms with Crippen LogP contribution in [0.5, 0.6) is 0 Å².